The summed E-state index contributed by atoms with van der Waals surface area (Å²) in [6.07, 6.45) is 2.09. The molecule has 1 aromatic carbocycles. The van der Waals surface area contributed by atoms with E-state index in [-0.39, 0.29) is 0 Å². The zero-order valence-electron chi connectivity index (χ0n) is 10.9. The lowest BCUT2D eigenvalue weighted by atomic mass is 10.1. The fourth-order valence-electron chi connectivity index (χ4n) is 1.45. The van der Waals surface area contributed by atoms with Crippen LogP contribution in [0.15, 0.2) is 24.3 Å². The number of nitrogens with two attached hydrogens (primary N) is 1. The molecule has 0 saturated carbocycles. The maximum Gasteiger partial charge on any atom is -0.000847 e. The predicted molar refractivity (Wildman–Crippen MR) is 72.8 cm³/mol. The van der Waals surface area contributed by atoms with Crippen molar-refractivity contribution in [2.75, 3.05) is 19.6 Å². The van der Waals surface area contributed by atoms with E-state index in [4.69, 9.17) is 5.73 Å². The normalized spacial score (nSPS) is 9.50. The molecular weight excluding hydrogens is 196 g/mol. The zero-order chi connectivity index (χ0) is 12.2. The van der Waals surface area contributed by atoms with Crippen molar-refractivity contribution in [1.82, 2.24) is 5.32 Å². The minimum Gasteiger partial charge on any atom is -0.330 e. The third-order valence-electron chi connectivity index (χ3n) is 2.30. The molecule has 2 heteroatoms. The molecule has 0 aliphatic rings. The molecule has 0 heterocycles. The fourth-order valence-corrected chi connectivity index (χ4v) is 1.45. The Morgan fingerprint density at radius 3 is 1.94 bits per heavy atom. The molecule has 0 bridgehead atoms. The Morgan fingerprint density at radius 1 is 1.00 bits per heavy atom. The highest BCUT2D eigenvalue weighted by atomic mass is 14.8. The van der Waals surface area contributed by atoms with Gasteiger partial charge in [-0.1, -0.05) is 45.0 Å². The third kappa shape index (κ3) is 6.59. The average Bonchev–Trinajstić information content (AvgIpc) is 2.35. The van der Waals surface area contributed by atoms with E-state index < -0.39 is 0 Å². The van der Waals surface area contributed by atoms with E-state index >= 15 is 0 Å². The molecule has 0 fully saturated rings. The van der Waals surface area contributed by atoms with Crippen LogP contribution in [0, 0.1) is 0 Å². The van der Waals surface area contributed by atoms with Crippen LogP contribution < -0.4 is 11.1 Å². The number of hydrogen-bond acceptors (Lipinski definition) is 2. The Labute approximate surface area is 100 Å². The summed E-state index contributed by atoms with van der Waals surface area (Å²) in [5, 5.41) is 3.32. The molecule has 1 aromatic rings. The molecule has 0 saturated heterocycles. The van der Waals surface area contributed by atoms with Gasteiger partial charge < -0.3 is 11.1 Å². The standard InChI is InChI=1S/C12H20N2.C2H6/c1-2-14-10-8-12-5-3-11(4-6-12)7-9-13;1-2/h3-6,14H,2,7-10,13H2,1H3;1-2H3. The molecule has 0 spiro atoms. The number of nitrogens with one attached hydrogen (secondary N) is 1. The minimum absolute atomic E-state index is 0.733. The summed E-state index contributed by atoms with van der Waals surface area (Å²) in [5.41, 5.74) is 8.21. The summed E-state index contributed by atoms with van der Waals surface area (Å²) in [6.45, 7) is 8.97. The van der Waals surface area contributed by atoms with Crippen LogP contribution in [0.4, 0.5) is 0 Å². The van der Waals surface area contributed by atoms with Gasteiger partial charge in [0.05, 0.1) is 0 Å². The highest BCUT2D eigenvalue weighted by Crippen LogP contribution is 2.04. The van der Waals surface area contributed by atoms with Gasteiger partial charge in [0.2, 0.25) is 0 Å². The van der Waals surface area contributed by atoms with Crippen LogP contribution in [-0.4, -0.2) is 19.6 Å². The summed E-state index contributed by atoms with van der Waals surface area (Å²) in [5.74, 6) is 0. The Hall–Kier alpha value is -0.860. The third-order valence-corrected chi connectivity index (χ3v) is 2.30. The second-order valence-electron chi connectivity index (χ2n) is 3.46. The molecule has 0 aliphatic heterocycles. The fraction of sp³-hybridized carbons (Fsp3) is 0.571. The first-order valence-corrected chi connectivity index (χ1v) is 6.35. The molecule has 92 valence electrons. The minimum atomic E-state index is 0.733. The van der Waals surface area contributed by atoms with Crippen LogP contribution in [0.25, 0.3) is 0 Å². The van der Waals surface area contributed by atoms with E-state index in [1.807, 2.05) is 13.8 Å². The van der Waals surface area contributed by atoms with E-state index in [9.17, 15) is 0 Å². The SMILES string of the molecule is CC.CCNCCc1ccc(CCN)cc1. The topological polar surface area (TPSA) is 38.0 Å². The first-order valence-electron chi connectivity index (χ1n) is 6.35. The van der Waals surface area contributed by atoms with Crippen LogP contribution in [0.3, 0.4) is 0 Å². The largest absolute Gasteiger partial charge is 0.330 e. The Bertz CT molecular complexity index is 241. The van der Waals surface area contributed by atoms with Gasteiger partial charge >= 0.3 is 0 Å². The van der Waals surface area contributed by atoms with E-state index in [0.29, 0.717) is 0 Å². The molecule has 0 aliphatic carbocycles. The van der Waals surface area contributed by atoms with Crippen LogP contribution in [0.2, 0.25) is 0 Å². The van der Waals surface area contributed by atoms with Crippen molar-refractivity contribution in [2.24, 2.45) is 5.73 Å². The van der Waals surface area contributed by atoms with E-state index in [1.54, 1.807) is 0 Å². The van der Waals surface area contributed by atoms with Gasteiger partial charge in [0.1, 0.15) is 0 Å². The Balaban J connectivity index is 0.00000106. The number of likely N-dealkylation sites (N-methyl/N-ethyl adjacent to an activating group) is 1. The Kier molecular flexibility index (Phi) is 10.1. The van der Waals surface area contributed by atoms with Crippen LogP contribution in [0.1, 0.15) is 31.9 Å². The predicted octanol–water partition coefficient (Wildman–Crippen LogP) is 2.37. The van der Waals surface area contributed by atoms with Crippen molar-refractivity contribution in [3.05, 3.63) is 35.4 Å². The number of rotatable bonds is 6. The van der Waals surface area contributed by atoms with Crippen LogP contribution >= 0.6 is 0 Å². The monoisotopic (exact) mass is 222 g/mol. The number of hydrogen-bond donors (Lipinski definition) is 2. The Morgan fingerprint density at radius 2 is 1.50 bits per heavy atom. The second kappa shape index (κ2) is 10.7. The van der Waals surface area contributed by atoms with E-state index in [2.05, 4.69) is 36.5 Å². The highest BCUT2D eigenvalue weighted by Gasteiger charge is 1.93. The van der Waals surface area contributed by atoms with Crippen molar-refractivity contribution in [2.45, 2.75) is 33.6 Å². The molecule has 0 radical (unpaired) electrons. The van der Waals surface area contributed by atoms with Crippen LogP contribution in [0.5, 0.6) is 0 Å². The molecule has 0 unspecified atom stereocenters. The molecule has 0 aromatic heterocycles. The molecule has 3 N–H and O–H groups in total. The summed E-state index contributed by atoms with van der Waals surface area (Å²) in [4.78, 5) is 0. The van der Waals surface area contributed by atoms with Crippen molar-refractivity contribution in [3.8, 4) is 0 Å². The molecular formula is C14H26N2. The molecule has 0 atom stereocenters. The molecule has 2 nitrogen and oxygen atoms in total. The molecule has 1 rings (SSSR count). The molecule has 0 amide bonds. The van der Waals surface area contributed by atoms with Gasteiger partial charge in [-0.05, 0) is 43.6 Å². The quantitative estimate of drug-likeness (QED) is 0.725. The summed E-state index contributed by atoms with van der Waals surface area (Å²) in [6, 6.07) is 8.74. The van der Waals surface area contributed by atoms with Gasteiger partial charge in [-0.2, -0.15) is 0 Å². The van der Waals surface area contributed by atoms with Crippen molar-refractivity contribution in [1.29, 1.82) is 0 Å². The average molecular weight is 222 g/mol. The lowest BCUT2D eigenvalue weighted by Gasteiger charge is -2.03. The first-order chi connectivity index (χ1) is 7.86. The van der Waals surface area contributed by atoms with Gasteiger partial charge in [-0.3, -0.25) is 0 Å². The lowest BCUT2D eigenvalue weighted by Crippen LogP contribution is -2.16. The van der Waals surface area contributed by atoms with Crippen molar-refractivity contribution < 1.29 is 0 Å². The summed E-state index contributed by atoms with van der Waals surface area (Å²) < 4.78 is 0. The second-order valence-corrected chi connectivity index (χ2v) is 3.46. The maximum atomic E-state index is 5.49. The van der Waals surface area contributed by atoms with Crippen molar-refractivity contribution in [3.63, 3.8) is 0 Å². The maximum absolute atomic E-state index is 5.49. The first kappa shape index (κ1) is 15.1. The van der Waals surface area contributed by atoms with Gasteiger partial charge in [-0.15, -0.1) is 0 Å². The van der Waals surface area contributed by atoms with E-state index in [1.165, 1.54) is 11.1 Å². The lowest BCUT2D eigenvalue weighted by molar-refractivity contribution is 0.716. The van der Waals surface area contributed by atoms with Gasteiger partial charge in [0, 0.05) is 0 Å². The van der Waals surface area contributed by atoms with Crippen LogP contribution in [-0.2, 0) is 12.8 Å². The van der Waals surface area contributed by atoms with Gasteiger partial charge in [0.25, 0.3) is 0 Å². The van der Waals surface area contributed by atoms with E-state index in [0.717, 1.165) is 32.5 Å². The molecule has 16 heavy (non-hydrogen) atoms. The summed E-state index contributed by atoms with van der Waals surface area (Å²) in [7, 11) is 0. The van der Waals surface area contributed by atoms with Gasteiger partial charge in [0.15, 0.2) is 0 Å². The van der Waals surface area contributed by atoms with Crippen molar-refractivity contribution >= 4 is 0 Å². The van der Waals surface area contributed by atoms with Gasteiger partial charge in [-0.25, -0.2) is 0 Å². The summed E-state index contributed by atoms with van der Waals surface area (Å²) >= 11 is 0. The number of benzene rings is 1. The zero-order valence-corrected chi connectivity index (χ0v) is 10.9. The highest BCUT2D eigenvalue weighted by molar-refractivity contribution is 5.22. The smallest absolute Gasteiger partial charge is 0.000847 e.